The van der Waals surface area contributed by atoms with Crippen LogP contribution in [0.4, 0.5) is 0 Å². The van der Waals surface area contributed by atoms with Crippen LogP contribution in [-0.4, -0.2) is 19.3 Å². The van der Waals surface area contributed by atoms with Crippen LogP contribution in [0.5, 0.6) is 0 Å². The number of halogens is 1. The molecule has 26 heavy (non-hydrogen) atoms. The van der Waals surface area contributed by atoms with E-state index in [1.165, 1.54) is 4.57 Å². The Morgan fingerprint density at radius 3 is 2.62 bits per heavy atom. The molecule has 4 aromatic rings. The summed E-state index contributed by atoms with van der Waals surface area (Å²) in [6.45, 7) is 0.191. The van der Waals surface area contributed by atoms with E-state index in [1.807, 2.05) is 54.6 Å². The molecule has 0 spiro atoms. The molecular formula is C20H16BrN3O2. The Bertz CT molecular complexity index is 1120. The van der Waals surface area contributed by atoms with Crippen molar-refractivity contribution in [3.8, 4) is 11.3 Å². The van der Waals surface area contributed by atoms with E-state index in [9.17, 15) is 9.90 Å². The fraction of sp³-hybridized carbons (Fsp3) is 0.100. The lowest BCUT2D eigenvalue weighted by molar-refractivity contribution is 0.155. The molecule has 0 saturated heterocycles. The largest absolute Gasteiger partial charge is 0.387 e. The summed E-state index contributed by atoms with van der Waals surface area (Å²) >= 11 is 3.45. The first kappa shape index (κ1) is 16.8. The molecule has 0 amide bonds. The summed E-state index contributed by atoms with van der Waals surface area (Å²) in [5.41, 5.74) is 2.73. The predicted octanol–water partition coefficient (Wildman–Crippen LogP) is 3.66. The Labute approximate surface area is 158 Å². The van der Waals surface area contributed by atoms with Gasteiger partial charge in [-0.15, -0.1) is 0 Å². The highest BCUT2D eigenvalue weighted by Crippen LogP contribution is 2.22. The number of fused-ring (bicyclic) bond motifs is 1. The number of hydrogen-bond donors (Lipinski definition) is 1. The van der Waals surface area contributed by atoms with Gasteiger partial charge in [0.15, 0.2) is 0 Å². The number of aromatic nitrogens is 3. The third-order valence-corrected chi connectivity index (χ3v) is 4.77. The molecule has 130 valence electrons. The number of benzene rings is 2. The topological polar surface area (TPSA) is 59.5 Å². The molecule has 2 aromatic carbocycles. The summed E-state index contributed by atoms with van der Waals surface area (Å²) in [5.74, 6) is 0. The van der Waals surface area contributed by atoms with Gasteiger partial charge in [0.25, 0.3) is 5.56 Å². The van der Waals surface area contributed by atoms with Crippen molar-refractivity contribution in [1.82, 2.24) is 14.2 Å². The lowest BCUT2D eigenvalue weighted by Gasteiger charge is -2.13. The van der Waals surface area contributed by atoms with Gasteiger partial charge in [0.2, 0.25) is 0 Å². The Hall–Kier alpha value is -2.70. The molecule has 0 bridgehead atoms. The lowest BCUT2D eigenvalue weighted by atomic mass is 10.1. The molecule has 5 nitrogen and oxygen atoms in total. The van der Waals surface area contributed by atoms with Crippen molar-refractivity contribution >= 4 is 21.4 Å². The van der Waals surface area contributed by atoms with Crippen molar-refractivity contribution in [1.29, 1.82) is 0 Å². The van der Waals surface area contributed by atoms with E-state index in [0.29, 0.717) is 5.52 Å². The number of aliphatic hydroxyl groups excluding tert-OH is 1. The second kappa shape index (κ2) is 6.90. The van der Waals surface area contributed by atoms with Crippen LogP contribution in [0, 0.1) is 0 Å². The van der Waals surface area contributed by atoms with Gasteiger partial charge in [0.1, 0.15) is 5.52 Å². The number of nitrogens with zero attached hydrogens (tertiary/aromatic N) is 3. The van der Waals surface area contributed by atoms with Crippen LogP contribution in [0.15, 0.2) is 82.3 Å². The first-order chi connectivity index (χ1) is 12.6. The van der Waals surface area contributed by atoms with Gasteiger partial charge in [-0.3, -0.25) is 4.79 Å². The highest BCUT2D eigenvalue weighted by atomic mass is 79.9. The summed E-state index contributed by atoms with van der Waals surface area (Å²) in [5, 5.41) is 14.9. The maximum atomic E-state index is 12.8. The fourth-order valence-electron chi connectivity index (χ4n) is 2.93. The highest BCUT2D eigenvalue weighted by molar-refractivity contribution is 9.10. The SMILES string of the molecule is O=c1c2cc(-c3cccc(Br)c3)nn2ccn1CC(O)c1ccccc1. The third-order valence-electron chi connectivity index (χ3n) is 4.28. The van der Waals surface area contributed by atoms with Crippen LogP contribution >= 0.6 is 15.9 Å². The minimum atomic E-state index is -0.746. The number of aliphatic hydroxyl groups is 1. The van der Waals surface area contributed by atoms with E-state index >= 15 is 0 Å². The maximum absolute atomic E-state index is 12.8. The van der Waals surface area contributed by atoms with E-state index in [-0.39, 0.29) is 12.1 Å². The Morgan fingerprint density at radius 1 is 1.04 bits per heavy atom. The van der Waals surface area contributed by atoms with Crippen LogP contribution in [0.2, 0.25) is 0 Å². The summed E-state index contributed by atoms with van der Waals surface area (Å²) in [4.78, 5) is 12.8. The molecule has 0 saturated carbocycles. The second-order valence-corrected chi connectivity index (χ2v) is 6.97. The summed E-state index contributed by atoms with van der Waals surface area (Å²) in [6.07, 6.45) is 2.64. The van der Waals surface area contributed by atoms with E-state index in [1.54, 1.807) is 23.0 Å². The average Bonchev–Trinajstić information content (AvgIpc) is 3.10. The van der Waals surface area contributed by atoms with Crippen molar-refractivity contribution in [2.24, 2.45) is 0 Å². The van der Waals surface area contributed by atoms with Gasteiger partial charge in [-0.2, -0.15) is 5.10 Å². The first-order valence-corrected chi connectivity index (χ1v) is 8.99. The summed E-state index contributed by atoms with van der Waals surface area (Å²) < 4.78 is 4.04. The van der Waals surface area contributed by atoms with Crippen LogP contribution in [0.1, 0.15) is 11.7 Å². The second-order valence-electron chi connectivity index (χ2n) is 6.05. The number of rotatable bonds is 4. The zero-order valence-corrected chi connectivity index (χ0v) is 15.4. The molecule has 2 aromatic heterocycles. The monoisotopic (exact) mass is 409 g/mol. The lowest BCUT2D eigenvalue weighted by Crippen LogP contribution is -2.24. The summed E-state index contributed by atoms with van der Waals surface area (Å²) in [7, 11) is 0. The molecule has 1 atom stereocenters. The first-order valence-electron chi connectivity index (χ1n) is 8.19. The van der Waals surface area contributed by atoms with Crippen molar-refractivity contribution in [2.75, 3.05) is 0 Å². The molecule has 1 unspecified atom stereocenters. The highest BCUT2D eigenvalue weighted by Gasteiger charge is 2.13. The zero-order valence-electron chi connectivity index (χ0n) is 13.8. The van der Waals surface area contributed by atoms with Crippen LogP contribution in [0.25, 0.3) is 16.8 Å². The van der Waals surface area contributed by atoms with Crippen LogP contribution in [-0.2, 0) is 6.54 Å². The fourth-order valence-corrected chi connectivity index (χ4v) is 3.33. The Morgan fingerprint density at radius 2 is 1.85 bits per heavy atom. The quantitative estimate of drug-likeness (QED) is 0.559. The zero-order chi connectivity index (χ0) is 18.1. The predicted molar refractivity (Wildman–Crippen MR) is 104 cm³/mol. The average molecular weight is 410 g/mol. The van der Waals surface area contributed by atoms with Gasteiger partial charge < -0.3 is 9.67 Å². The minimum absolute atomic E-state index is 0.184. The van der Waals surface area contributed by atoms with Gasteiger partial charge >= 0.3 is 0 Å². The van der Waals surface area contributed by atoms with Crippen molar-refractivity contribution in [2.45, 2.75) is 12.6 Å². The van der Waals surface area contributed by atoms with Crippen molar-refractivity contribution in [3.63, 3.8) is 0 Å². The molecule has 0 fully saturated rings. The molecule has 0 aliphatic rings. The molecular weight excluding hydrogens is 394 g/mol. The molecule has 0 aliphatic heterocycles. The van der Waals surface area contributed by atoms with Crippen molar-refractivity contribution in [3.05, 3.63) is 93.4 Å². The van der Waals surface area contributed by atoms with Gasteiger partial charge in [-0.1, -0.05) is 58.4 Å². The summed E-state index contributed by atoms with van der Waals surface area (Å²) in [6, 6.07) is 18.9. The minimum Gasteiger partial charge on any atom is -0.387 e. The van der Waals surface area contributed by atoms with Crippen molar-refractivity contribution < 1.29 is 5.11 Å². The Kier molecular flexibility index (Phi) is 4.44. The Balaban J connectivity index is 1.70. The van der Waals surface area contributed by atoms with E-state index < -0.39 is 6.10 Å². The molecule has 2 heterocycles. The van der Waals surface area contributed by atoms with Gasteiger partial charge in [0.05, 0.1) is 18.3 Å². The van der Waals surface area contributed by atoms with Gasteiger partial charge in [-0.25, -0.2) is 4.52 Å². The van der Waals surface area contributed by atoms with Gasteiger partial charge in [0, 0.05) is 22.4 Å². The molecule has 0 radical (unpaired) electrons. The van der Waals surface area contributed by atoms with Crippen LogP contribution < -0.4 is 5.56 Å². The van der Waals surface area contributed by atoms with E-state index in [2.05, 4.69) is 21.0 Å². The van der Waals surface area contributed by atoms with E-state index in [0.717, 1.165) is 21.3 Å². The van der Waals surface area contributed by atoms with Gasteiger partial charge in [-0.05, 0) is 23.8 Å². The normalized spacial score (nSPS) is 12.4. The smallest absolute Gasteiger partial charge is 0.276 e. The molecule has 4 rings (SSSR count). The standard InChI is InChI=1S/C20H16BrN3O2/c21-16-8-4-7-15(11-16)17-12-18-20(26)23(9-10-24(18)22-17)13-19(25)14-5-2-1-3-6-14/h1-12,19,25H,13H2. The van der Waals surface area contributed by atoms with Crippen LogP contribution in [0.3, 0.4) is 0 Å². The number of hydrogen-bond acceptors (Lipinski definition) is 3. The third kappa shape index (κ3) is 3.21. The molecule has 1 N–H and O–H groups in total. The molecule has 6 heteroatoms. The molecule has 0 aliphatic carbocycles. The maximum Gasteiger partial charge on any atom is 0.276 e. The van der Waals surface area contributed by atoms with E-state index in [4.69, 9.17) is 0 Å².